The van der Waals surface area contributed by atoms with E-state index in [1.165, 1.54) is 12.3 Å². The van der Waals surface area contributed by atoms with Gasteiger partial charge in [0, 0.05) is 31.9 Å². The zero-order chi connectivity index (χ0) is 16.0. The number of hydrogen-bond acceptors (Lipinski definition) is 5. The molecule has 1 saturated heterocycles. The summed E-state index contributed by atoms with van der Waals surface area (Å²) in [5.41, 5.74) is -0.824. The van der Waals surface area contributed by atoms with Crippen LogP contribution in [0.2, 0.25) is 0 Å². The molecule has 1 saturated carbocycles. The summed E-state index contributed by atoms with van der Waals surface area (Å²) in [5.74, 6) is 0.572. The SMILES string of the molecule is CC(C)(C)OC(=O)N1CCN(c2nccc(=O)[nH]2)CC12CC2. The van der Waals surface area contributed by atoms with Crippen LogP contribution >= 0.6 is 0 Å². The molecule has 0 radical (unpaired) electrons. The van der Waals surface area contributed by atoms with Gasteiger partial charge < -0.3 is 9.64 Å². The number of carbonyl (C=O) groups is 1. The molecule has 1 N–H and O–H groups in total. The van der Waals surface area contributed by atoms with Crippen molar-refractivity contribution in [2.75, 3.05) is 24.5 Å². The third-order valence-electron chi connectivity index (χ3n) is 4.05. The zero-order valence-corrected chi connectivity index (χ0v) is 13.3. The van der Waals surface area contributed by atoms with Gasteiger partial charge in [0.2, 0.25) is 5.95 Å². The second kappa shape index (κ2) is 5.00. The molecule has 120 valence electrons. The number of nitrogens with one attached hydrogen (secondary N) is 1. The lowest BCUT2D eigenvalue weighted by molar-refractivity contribution is 0.0105. The van der Waals surface area contributed by atoms with Gasteiger partial charge in [0.25, 0.3) is 5.56 Å². The first-order valence-corrected chi connectivity index (χ1v) is 7.60. The lowest BCUT2D eigenvalue weighted by atomic mass is 10.1. The van der Waals surface area contributed by atoms with Crippen molar-refractivity contribution in [1.29, 1.82) is 0 Å². The van der Waals surface area contributed by atoms with E-state index in [0.717, 1.165) is 12.8 Å². The lowest BCUT2D eigenvalue weighted by Crippen LogP contribution is -2.58. The molecule has 2 fully saturated rings. The van der Waals surface area contributed by atoms with Crippen molar-refractivity contribution in [3.63, 3.8) is 0 Å². The zero-order valence-electron chi connectivity index (χ0n) is 13.3. The number of ether oxygens (including phenoxy) is 1. The minimum absolute atomic E-state index is 0.163. The third-order valence-corrected chi connectivity index (χ3v) is 4.05. The summed E-state index contributed by atoms with van der Waals surface area (Å²) in [4.78, 5) is 34.7. The van der Waals surface area contributed by atoms with Gasteiger partial charge in [0.15, 0.2) is 0 Å². The Morgan fingerprint density at radius 2 is 2.09 bits per heavy atom. The van der Waals surface area contributed by atoms with Gasteiger partial charge in [0.1, 0.15) is 5.60 Å². The minimum Gasteiger partial charge on any atom is -0.444 e. The van der Waals surface area contributed by atoms with E-state index >= 15 is 0 Å². The largest absolute Gasteiger partial charge is 0.444 e. The average Bonchev–Trinajstić information content (AvgIpc) is 3.16. The van der Waals surface area contributed by atoms with E-state index < -0.39 is 5.60 Å². The standard InChI is InChI=1S/C15H22N4O3/c1-14(2,3)22-13(21)19-9-8-18(10-15(19)5-6-15)12-16-7-4-11(20)17-12/h4,7H,5-6,8-10H2,1-3H3,(H,16,17,20). The summed E-state index contributed by atoms with van der Waals surface area (Å²) < 4.78 is 5.51. The molecule has 1 aromatic rings. The van der Waals surface area contributed by atoms with Crippen LogP contribution < -0.4 is 10.5 Å². The first-order chi connectivity index (χ1) is 10.3. The van der Waals surface area contributed by atoms with Gasteiger partial charge in [-0.3, -0.25) is 14.7 Å². The molecule has 1 aliphatic carbocycles. The van der Waals surface area contributed by atoms with Crippen molar-refractivity contribution in [2.45, 2.75) is 44.8 Å². The molecule has 2 heterocycles. The predicted molar refractivity (Wildman–Crippen MR) is 82.0 cm³/mol. The Morgan fingerprint density at radius 1 is 1.36 bits per heavy atom. The van der Waals surface area contributed by atoms with Crippen LogP contribution in [0.15, 0.2) is 17.1 Å². The molecule has 0 unspecified atom stereocenters. The topological polar surface area (TPSA) is 78.5 Å². The molecule has 7 nitrogen and oxygen atoms in total. The number of anilines is 1. The van der Waals surface area contributed by atoms with Gasteiger partial charge in [-0.1, -0.05) is 0 Å². The highest BCUT2D eigenvalue weighted by atomic mass is 16.6. The fraction of sp³-hybridized carbons (Fsp3) is 0.667. The van der Waals surface area contributed by atoms with E-state index in [9.17, 15) is 9.59 Å². The summed E-state index contributed by atoms with van der Waals surface area (Å²) in [7, 11) is 0. The van der Waals surface area contributed by atoms with Crippen molar-refractivity contribution in [3.05, 3.63) is 22.6 Å². The lowest BCUT2D eigenvalue weighted by Gasteiger charge is -2.42. The maximum Gasteiger partial charge on any atom is 0.410 e. The fourth-order valence-electron chi connectivity index (χ4n) is 2.85. The maximum atomic E-state index is 12.4. The van der Waals surface area contributed by atoms with Gasteiger partial charge in [-0.25, -0.2) is 9.78 Å². The molecule has 1 amide bonds. The van der Waals surface area contributed by atoms with Gasteiger partial charge >= 0.3 is 6.09 Å². The highest BCUT2D eigenvalue weighted by Gasteiger charge is 2.54. The number of amides is 1. The monoisotopic (exact) mass is 306 g/mol. The highest BCUT2D eigenvalue weighted by Crippen LogP contribution is 2.45. The normalized spacial score (nSPS) is 20.1. The highest BCUT2D eigenvalue weighted by molar-refractivity contribution is 5.70. The van der Waals surface area contributed by atoms with Crippen LogP contribution in [0.1, 0.15) is 33.6 Å². The van der Waals surface area contributed by atoms with E-state index in [0.29, 0.717) is 25.6 Å². The number of hydrogen-bond donors (Lipinski definition) is 1. The molecule has 3 rings (SSSR count). The Labute approximate surface area is 129 Å². The number of rotatable bonds is 1. The summed E-state index contributed by atoms with van der Waals surface area (Å²) in [6.07, 6.45) is 3.17. The van der Waals surface area contributed by atoms with Crippen molar-refractivity contribution >= 4 is 12.0 Å². The van der Waals surface area contributed by atoms with E-state index in [-0.39, 0.29) is 17.2 Å². The molecule has 0 bridgehead atoms. The van der Waals surface area contributed by atoms with Crippen LogP contribution in [0.25, 0.3) is 0 Å². The smallest absolute Gasteiger partial charge is 0.410 e. The molecule has 1 aromatic heterocycles. The number of piperazine rings is 1. The number of aromatic nitrogens is 2. The van der Waals surface area contributed by atoms with Crippen LogP contribution in [0.5, 0.6) is 0 Å². The van der Waals surface area contributed by atoms with Crippen LogP contribution in [0.4, 0.5) is 10.7 Å². The summed E-state index contributed by atoms with van der Waals surface area (Å²) in [6.45, 7) is 7.51. The summed E-state index contributed by atoms with van der Waals surface area (Å²) in [5, 5.41) is 0. The maximum absolute atomic E-state index is 12.4. The van der Waals surface area contributed by atoms with Crippen LogP contribution in [-0.4, -0.2) is 51.7 Å². The molecular formula is C15H22N4O3. The van der Waals surface area contributed by atoms with E-state index in [2.05, 4.69) is 9.97 Å². The van der Waals surface area contributed by atoms with Crippen molar-refractivity contribution in [2.24, 2.45) is 0 Å². The second-order valence-electron chi connectivity index (χ2n) is 7.04. The van der Waals surface area contributed by atoms with E-state index in [1.54, 1.807) is 0 Å². The Bertz CT molecular complexity index is 630. The first kappa shape index (κ1) is 14.9. The van der Waals surface area contributed by atoms with E-state index in [4.69, 9.17) is 4.74 Å². The molecule has 0 atom stereocenters. The first-order valence-electron chi connectivity index (χ1n) is 7.60. The van der Waals surface area contributed by atoms with Crippen LogP contribution in [0.3, 0.4) is 0 Å². The van der Waals surface area contributed by atoms with Crippen molar-refractivity contribution < 1.29 is 9.53 Å². The van der Waals surface area contributed by atoms with Gasteiger partial charge in [-0.05, 0) is 33.6 Å². The van der Waals surface area contributed by atoms with Crippen molar-refractivity contribution in [3.8, 4) is 0 Å². The number of carbonyl (C=O) groups excluding carboxylic acids is 1. The van der Waals surface area contributed by atoms with Crippen LogP contribution in [-0.2, 0) is 4.74 Å². The number of H-pyrrole nitrogens is 1. The van der Waals surface area contributed by atoms with Crippen LogP contribution in [0, 0.1) is 0 Å². The molecule has 22 heavy (non-hydrogen) atoms. The predicted octanol–water partition coefficient (Wildman–Crippen LogP) is 1.36. The van der Waals surface area contributed by atoms with Gasteiger partial charge in [0.05, 0.1) is 5.54 Å². The Hall–Kier alpha value is -2.05. The van der Waals surface area contributed by atoms with E-state index in [1.807, 2.05) is 30.6 Å². The second-order valence-corrected chi connectivity index (χ2v) is 7.04. The summed E-state index contributed by atoms with van der Waals surface area (Å²) in [6, 6.07) is 1.40. The number of aromatic amines is 1. The Kier molecular flexibility index (Phi) is 3.38. The summed E-state index contributed by atoms with van der Waals surface area (Å²) >= 11 is 0. The molecule has 1 spiro atoms. The molecule has 7 heteroatoms. The molecular weight excluding hydrogens is 284 g/mol. The molecule has 2 aliphatic rings. The van der Waals surface area contributed by atoms with Gasteiger partial charge in [-0.15, -0.1) is 0 Å². The number of nitrogens with zero attached hydrogens (tertiary/aromatic N) is 3. The third kappa shape index (κ3) is 2.93. The van der Waals surface area contributed by atoms with Crippen molar-refractivity contribution in [1.82, 2.24) is 14.9 Å². The quantitative estimate of drug-likeness (QED) is 0.847. The fourth-order valence-corrected chi connectivity index (χ4v) is 2.85. The Balaban J connectivity index is 1.73. The average molecular weight is 306 g/mol. The minimum atomic E-state index is -0.490. The molecule has 1 aliphatic heterocycles. The molecule has 0 aromatic carbocycles. The Morgan fingerprint density at radius 3 is 2.68 bits per heavy atom. The van der Waals surface area contributed by atoms with Gasteiger partial charge in [-0.2, -0.15) is 0 Å².